The monoisotopic (exact) mass is 355 g/mol. The van der Waals surface area contributed by atoms with Crippen molar-refractivity contribution >= 4 is 15.9 Å². The van der Waals surface area contributed by atoms with Crippen molar-refractivity contribution in [3.8, 4) is 0 Å². The van der Waals surface area contributed by atoms with Crippen LogP contribution in [0.3, 0.4) is 0 Å². The van der Waals surface area contributed by atoms with Gasteiger partial charge in [-0.1, -0.05) is 30.3 Å². The smallest absolute Gasteiger partial charge is 0.410 e. The van der Waals surface area contributed by atoms with Gasteiger partial charge in [-0.15, -0.1) is 0 Å². The summed E-state index contributed by atoms with van der Waals surface area (Å²) in [5.74, 6) is -0.595. The van der Waals surface area contributed by atoms with Gasteiger partial charge in [-0.2, -0.15) is 0 Å². The molecule has 1 aromatic carbocycles. The molecular weight excluding hydrogens is 330 g/mol. The molecule has 1 N–H and O–H groups in total. The number of nitrogens with zero attached hydrogens (tertiary/aromatic N) is 1. The Morgan fingerprint density at radius 2 is 2.04 bits per heavy atom. The van der Waals surface area contributed by atoms with Crippen LogP contribution in [0.2, 0.25) is 0 Å². The second-order valence-electron chi connectivity index (χ2n) is 6.75. The van der Waals surface area contributed by atoms with Crippen LogP contribution in [-0.2, 0) is 21.2 Å². The highest BCUT2D eigenvalue weighted by atomic mass is 32.2. The summed E-state index contributed by atoms with van der Waals surface area (Å²) < 4.78 is 28.3. The number of likely N-dealkylation sites (tertiary alicyclic amines) is 1. The van der Waals surface area contributed by atoms with Crippen LogP contribution in [0.4, 0.5) is 4.79 Å². The molecule has 2 atom stereocenters. The minimum Gasteiger partial charge on any atom is -0.445 e. The van der Waals surface area contributed by atoms with Gasteiger partial charge in [0.25, 0.3) is 0 Å². The highest BCUT2D eigenvalue weighted by Gasteiger charge is 2.39. The third-order valence-electron chi connectivity index (χ3n) is 4.32. The zero-order chi connectivity index (χ0) is 17.8. The van der Waals surface area contributed by atoms with E-state index < -0.39 is 21.5 Å². The molecule has 1 saturated heterocycles. The molecule has 1 aromatic rings. The van der Waals surface area contributed by atoms with Gasteiger partial charge < -0.3 is 14.7 Å². The number of carbonyl (C=O) groups excluding carboxylic acids is 1. The second kappa shape index (κ2) is 7.53. The molecule has 0 unspecified atom stereocenters. The third-order valence-corrected chi connectivity index (χ3v) is 5.43. The molecule has 1 amide bonds. The third kappa shape index (κ3) is 5.49. The first-order chi connectivity index (χ1) is 11.2. The van der Waals surface area contributed by atoms with Crippen molar-refractivity contribution in [3.63, 3.8) is 0 Å². The van der Waals surface area contributed by atoms with Crippen molar-refractivity contribution in [2.24, 2.45) is 5.92 Å². The summed E-state index contributed by atoms with van der Waals surface area (Å²) >= 11 is 0. The fraction of sp³-hybridized carbons (Fsp3) is 0.588. The van der Waals surface area contributed by atoms with Gasteiger partial charge in [-0.25, -0.2) is 13.2 Å². The van der Waals surface area contributed by atoms with Crippen molar-refractivity contribution in [1.82, 2.24) is 4.90 Å². The van der Waals surface area contributed by atoms with Crippen LogP contribution >= 0.6 is 0 Å². The largest absolute Gasteiger partial charge is 0.445 e. The number of carbonyl (C=O) groups is 1. The SMILES string of the molecule is C[C@](O)(CS(C)(=O)=O)[C@H]1CCCN(C(=O)OCc2ccccc2)C1. The Bertz CT molecular complexity index is 657. The van der Waals surface area contributed by atoms with Crippen LogP contribution in [0.25, 0.3) is 0 Å². The molecule has 0 bridgehead atoms. The molecule has 2 rings (SSSR count). The lowest BCUT2D eigenvalue weighted by molar-refractivity contribution is -0.0158. The van der Waals surface area contributed by atoms with E-state index in [1.54, 1.807) is 4.90 Å². The minimum absolute atomic E-state index is 0.195. The van der Waals surface area contributed by atoms with E-state index in [4.69, 9.17) is 4.74 Å². The summed E-state index contributed by atoms with van der Waals surface area (Å²) in [6, 6.07) is 9.40. The Morgan fingerprint density at radius 1 is 1.38 bits per heavy atom. The molecule has 24 heavy (non-hydrogen) atoms. The van der Waals surface area contributed by atoms with Crippen molar-refractivity contribution in [3.05, 3.63) is 35.9 Å². The number of piperidine rings is 1. The van der Waals surface area contributed by atoms with E-state index in [9.17, 15) is 18.3 Å². The van der Waals surface area contributed by atoms with Gasteiger partial charge in [-0.3, -0.25) is 0 Å². The molecule has 0 aromatic heterocycles. The van der Waals surface area contributed by atoms with Crippen LogP contribution in [-0.4, -0.2) is 55.2 Å². The van der Waals surface area contributed by atoms with E-state index >= 15 is 0 Å². The Morgan fingerprint density at radius 3 is 2.67 bits per heavy atom. The summed E-state index contributed by atoms with van der Waals surface area (Å²) in [7, 11) is -3.30. The lowest BCUT2D eigenvalue weighted by Crippen LogP contribution is -2.51. The van der Waals surface area contributed by atoms with E-state index in [1.807, 2.05) is 30.3 Å². The molecule has 1 fully saturated rings. The van der Waals surface area contributed by atoms with Gasteiger partial charge in [0.1, 0.15) is 16.4 Å². The molecule has 1 aliphatic rings. The Kier molecular flexibility index (Phi) is 5.87. The number of sulfone groups is 1. The van der Waals surface area contributed by atoms with Crippen molar-refractivity contribution in [2.45, 2.75) is 32.0 Å². The lowest BCUT2D eigenvalue weighted by Gasteiger charge is -2.39. The van der Waals surface area contributed by atoms with Gasteiger partial charge >= 0.3 is 6.09 Å². The molecule has 1 aliphatic heterocycles. The van der Waals surface area contributed by atoms with Crippen LogP contribution in [0.1, 0.15) is 25.3 Å². The number of rotatable bonds is 5. The molecule has 134 valence electrons. The first kappa shape index (κ1) is 18.7. The molecular formula is C17H25NO5S. The minimum atomic E-state index is -3.30. The predicted octanol–water partition coefficient (Wildman–Crippen LogP) is 1.83. The number of aliphatic hydroxyl groups is 1. The van der Waals surface area contributed by atoms with Crippen molar-refractivity contribution in [2.75, 3.05) is 25.1 Å². The maximum absolute atomic E-state index is 12.2. The van der Waals surface area contributed by atoms with E-state index in [0.717, 1.165) is 11.8 Å². The number of benzene rings is 1. The Hall–Kier alpha value is -1.60. The molecule has 7 heteroatoms. The topological polar surface area (TPSA) is 83.9 Å². The van der Waals surface area contributed by atoms with Crippen LogP contribution < -0.4 is 0 Å². The quantitative estimate of drug-likeness (QED) is 0.871. The number of hydrogen-bond acceptors (Lipinski definition) is 5. The molecule has 0 aliphatic carbocycles. The van der Waals surface area contributed by atoms with Crippen LogP contribution in [0, 0.1) is 5.92 Å². The lowest BCUT2D eigenvalue weighted by atomic mass is 9.84. The first-order valence-corrected chi connectivity index (χ1v) is 10.1. The fourth-order valence-corrected chi connectivity index (χ4v) is 4.41. The highest BCUT2D eigenvalue weighted by Crippen LogP contribution is 2.28. The normalized spacial score (nSPS) is 21.1. The van der Waals surface area contributed by atoms with Gasteiger partial charge in [-0.05, 0) is 25.3 Å². The molecule has 0 radical (unpaired) electrons. The maximum atomic E-state index is 12.2. The summed E-state index contributed by atoms with van der Waals surface area (Å²) in [5.41, 5.74) is -0.449. The average Bonchev–Trinajstić information content (AvgIpc) is 2.51. The molecule has 0 saturated carbocycles. The first-order valence-electron chi connectivity index (χ1n) is 8.03. The number of amides is 1. The summed E-state index contributed by atoms with van der Waals surface area (Å²) in [6.07, 6.45) is 2.07. The van der Waals surface area contributed by atoms with E-state index in [-0.39, 0.29) is 18.3 Å². The maximum Gasteiger partial charge on any atom is 0.410 e. The van der Waals surface area contributed by atoms with Crippen LogP contribution in [0.5, 0.6) is 0 Å². The zero-order valence-corrected chi connectivity index (χ0v) is 15.0. The van der Waals surface area contributed by atoms with Gasteiger partial charge in [0.05, 0.1) is 11.4 Å². The van der Waals surface area contributed by atoms with Crippen molar-refractivity contribution < 1.29 is 23.1 Å². The molecule has 1 heterocycles. The summed E-state index contributed by atoms with van der Waals surface area (Å²) in [6.45, 7) is 2.58. The van der Waals surface area contributed by atoms with Gasteiger partial charge in [0.2, 0.25) is 0 Å². The Labute approximate surface area is 143 Å². The fourth-order valence-electron chi connectivity index (χ4n) is 3.11. The standard InChI is InChI=1S/C17H25NO5S/c1-17(20,13-24(2,21)22)15-9-6-10-18(11-15)16(19)23-12-14-7-4-3-5-8-14/h3-5,7-8,15,20H,6,9-13H2,1-2H3/t15-,17-/m0/s1. The van der Waals surface area contributed by atoms with E-state index in [1.165, 1.54) is 6.92 Å². The van der Waals surface area contributed by atoms with E-state index in [2.05, 4.69) is 0 Å². The van der Waals surface area contributed by atoms with Crippen molar-refractivity contribution in [1.29, 1.82) is 0 Å². The van der Waals surface area contributed by atoms with Gasteiger partial charge in [0.15, 0.2) is 0 Å². The predicted molar refractivity (Wildman–Crippen MR) is 91.3 cm³/mol. The number of hydrogen-bond donors (Lipinski definition) is 1. The average molecular weight is 355 g/mol. The second-order valence-corrected chi connectivity index (χ2v) is 8.89. The van der Waals surface area contributed by atoms with E-state index in [0.29, 0.717) is 25.9 Å². The zero-order valence-electron chi connectivity index (χ0n) is 14.1. The van der Waals surface area contributed by atoms with Crippen LogP contribution in [0.15, 0.2) is 30.3 Å². The Balaban J connectivity index is 1.93. The number of ether oxygens (including phenoxy) is 1. The molecule has 6 nitrogen and oxygen atoms in total. The summed E-state index contributed by atoms with van der Waals surface area (Å²) in [4.78, 5) is 13.8. The molecule has 0 spiro atoms. The summed E-state index contributed by atoms with van der Waals surface area (Å²) in [5, 5.41) is 10.5. The van der Waals surface area contributed by atoms with Gasteiger partial charge in [0, 0.05) is 25.3 Å². The highest BCUT2D eigenvalue weighted by molar-refractivity contribution is 7.90.